The minimum absolute atomic E-state index is 0.144. The number of carbonyl (C=O) groups is 3. The van der Waals surface area contributed by atoms with Crippen molar-refractivity contribution >= 4 is 17.7 Å². The zero-order valence-electron chi connectivity index (χ0n) is 15.6. The first-order chi connectivity index (χ1) is 13.6. The Morgan fingerprint density at radius 1 is 0.964 bits per heavy atom. The third kappa shape index (κ3) is 4.49. The first-order valence-corrected chi connectivity index (χ1v) is 9.09. The number of rotatable bonds is 9. The van der Waals surface area contributed by atoms with Gasteiger partial charge in [-0.1, -0.05) is 12.1 Å². The number of nitrogens with zero attached hydrogens (tertiary/aromatic N) is 1. The van der Waals surface area contributed by atoms with Gasteiger partial charge in [-0.05, 0) is 42.8 Å². The number of fused-ring (bicyclic) bond motifs is 1. The van der Waals surface area contributed by atoms with Crippen molar-refractivity contribution in [2.45, 2.75) is 12.8 Å². The number of hydrogen-bond acceptors (Lipinski definition) is 5. The molecule has 0 aromatic heterocycles. The molecule has 1 N–H and O–H groups in total. The summed E-state index contributed by atoms with van der Waals surface area (Å²) in [6.07, 6.45) is 0.645. The van der Waals surface area contributed by atoms with Crippen LogP contribution < -0.4 is 14.8 Å². The molecule has 146 valence electrons. The highest BCUT2D eigenvalue weighted by Gasteiger charge is 2.34. The van der Waals surface area contributed by atoms with Crippen LogP contribution in [0, 0.1) is 0 Å². The predicted octanol–water partition coefficient (Wildman–Crippen LogP) is 2.27. The lowest BCUT2D eigenvalue weighted by Gasteiger charge is -2.13. The largest absolute Gasteiger partial charge is 0.497 e. The third-order valence-corrected chi connectivity index (χ3v) is 4.42. The van der Waals surface area contributed by atoms with Gasteiger partial charge in [-0.2, -0.15) is 0 Å². The summed E-state index contributed by atoms with van der Waals surface area (Å²) in [5.41, 5.74) is 0.847. The highest BCUT2D eigenvalue weighted by molar-refractivity contribution is 6.21. The van der Waals surface area contributed by atoms with Gasteiger partial charge in [-0.25, -0.2) is 0 Å². The highest BCUT2D eigenvalue weighted by Crippen LogP contribution is 2.22. The van der Waals surface area contributed by atoms with E-state index in [0.29, 0.717) is 36.4 Å². The maximum atomic E-state index is 12.2. The molecule has 0 atom stereocenters. The van der Waals surface area contributed by atoms with Gasteiger partial charge in [-0.3, -0.25) is 19.3 Å². The summed E-state index contributed by atoms with van der Waals surface area (Å²) in [5, 5.41) is 2.76. The minimum atomic E-state index is -0.297. The molecule has 7 nitrogen and oxygen atoms in total. The van der Waals surface area contributed by atoms with Crippen LogP contribution in [-0.2, 0) is 4.79 Å². The Hall–Kier alpha value is -3.35. The average Bonchev–Trinajstić information content (AvgIpc) is 2.97. The van der Waals surface area contributed by atoms with Gasteiger partial charge in [0.05, 0.1) is 24.8 Å². The topological polar surface area (TPSA) is 84.9 Å². The van der Waals surface area contributed by atoms with Crippen LogP contribution in [0.25, 0.3) is 0 Å². The monoisotopic (exact) mass is 382 g/mol. The lowest BCUT2D eigenvalue weighted by Crippen LogP contribution is -2.32. The van der Waals surface area contributed by atoms with Crippen molar-refractivity contribution in [2.75, 3.05) is 26.8 Å². The number of amides is 3. The van der Waals surface area contributed by atoms with Gasteiger partial charge in [0.15, 0.2) is 0 Å². The Balaban J connectivity index is 1.34. The van der Waals surface area contributed by atoms with Crippen molar-refractivity contribution < 1.29 is 23.9 Å². The van der Waals surface area contributed by atoms with E-state index >= 15 is 0 Å². The Labute approximate surface area is 163 Å². The maximum absolute atomic E-state index is 12.2. The first kappa shape index (κ1) is 19.4. The second-order valence-corrected chi connectivity index (χ2v) is 6.29. The van der Waals surface area contributed by atoms with Gasteiger partial charge >= 0.3 is 0 Å². The standard InChI is InChI=1S/C21H22N2O5/c1-27-15-8-10-16(11-9-15)28-14-12-22-19(24)7-4-13-23-20(25)17-5-2-3-6-18(17)21(23)26/h2-3,5-6,8-11H,4,7,12-14H2,1H3,(H,22,24). The molecule has 0 fully saturated rings. The van der Waals surface area contributed by atoms with Gasteiger partial charge in [-0.15, -0.1) is 0 Å². The Bertz CT molecular complexity index is 828. The molecule has 0 aliphatic carbocycles. The molecule has 1 heterocycles. The van der Waals surface area contributed by atoms with Crippen molar-refractivity contribution in [3.05, 3.63) is 59.7 Å². The predicted molar refractivity (Wildman–Crippen MR) is 103 cm³/mol. The molecule has 1 aliphatic heterocycles. The molecule has 2 aromatic carbocycles. The van der Waals surface area contributed by atoms with E-state index in [0.717, 1.165) is 5.75 Å². The number of nitrogens with one attached hydrogen (secondary N) is 1. The molecule has 2 aromatic rings. The van der Waals surface area contributed by atoms with Crippen LogP contribution in [0.5, 0.6) is 11.5 Å². The minimum Gasteiger partial charge on any atom is -0.497 e. The molecule has 0 unspecified atom stereocenters. The highest BCUT2D eigenvalue weighted by atomic mass is 16.5. The van der Waals surface area contributed by atoms with Crippen molar-refractivity contribution in [2.24, 2.45) is 0 Å². The van der Waals surface area contributed by atoms with Crippen molar-refractivity contribution in [1.82, 2.24) is 10.2 Å². The van der Waals surface area contributed by atoms with E-state index in [1.54, 1.807) is 55.6 Å². The molecule has 0 radical (unpaired) electrons. The van der Waals surface area contributed by atoms with E-state index < -0.39 is 0 Å². The number of methoxy groups -OCH3 is 1. The van der Waals surface area contributed by atoms with Crippen LogP contribution in [0.3, 0.4) is 0 Å². The van der Waals surface area contributed by atoms with E-state index in [1.165, 1.54) is 4.90 Å². The number of hydrogen-bond donors (Lipinski definition) is 1. The van der Waals surface area contributed by atoms with Gasteiger partial charge in [0, 0.05) is 13.0 Å². The summed E-state index contributed by atoms with van der Waals surface area (Å²) in [5.74, 6) is 0.706. The van der Waals surface area contributed by atoms with Gasteiger partial charge in [0.1, 0.15) is 18.1 Å². The molecule has 3 amide bonds. The lowest BCUT2D eigenvalue weighted by atomic mass is 10.1. The summed E-state index contributed by atoms with van der Waals surface area (Å²) in [6, 6.07) is 13.9. The number of benzene rings is 2. The molecule has 0 bridgehead atoms. The molecule has 7 heteroatoms. The van der Waals surface area contributed by atoms with Gasteiger partial charge in [0.25, 0.3) is 11.8 Å². The van der Waals surface area contributed by atoms with Gasteiger partial charge < -0.3 is 14.8 Å². The molecular formula is C21H22N2O5. The Kier molecular flexibility index (Phi) is 6.26. The van der Waals surface area contributed by atoms with E-state index in [9.17, 15) is 14.4 Å². The average molecular weight is 382 g/mol. The summed E-state index contributed by atoms with van der Waals surface area (Å²) in [6.45, 7) is 0.941. The molecule has 0 saturated heterocycles. The number of ether oxygens (including phenoxy) is 2. The Morgan fingerprint density at radius 3 is 2.18 bits per heavy atom. The Morgan fingerprint density at radius 2 is 1.57 bits per heavy atom. The zero-order chi connectivity index (χ0) is 19.9. The van der Waals surface area contributed by atoms with Crippen LogP contribution in [0.2, 0.25) is 0 Å². The van der Waals surface area contributed by atoms with Crippen LogP contribution >= 0.6 is 0 Å². The van der Waals surface area contributed by atoms with E-state index in [1.807, 2.05) is 0 Å². The maximum Gasteiger partial charge on any atom is 0.261 e. The molecule has 1 aliphatic rings. The summed E-state index contributed by atoms with van der Waals surface area (Å²) in [7, 11) is 1.60. The van der Waals surface area contributed by atoms with E-state index in [-0.39, 0.29) is 30.7 Å². The molecule has 0 saturated carbocycles. The number of imide groups is 1. The van der Waals surface area contributed by atoms with Crippen LogP contribution in [0.4, 0.5) is 0 Å². The fourth-order valence-electron chi connectivity index (χ4n) is 2.96. The quantitative estimate of drug-likeness (QED) is 0.531. The van der Waals surface area contributed by atoms with Crippen molar-refractivity contribution in [3.8, 4) is 11.5 Å². The lowest BCUT2D eigenvalue weighted by molar-refractivity contribution is -0.121. The second-order valence-electron chi connectivity index (χ2n) is 6.29. The van der Waals surface area contributed by atoms with Crippen LogP contribution in [0.1, 0.15) is 33.6 Å². The fraction of sp³-hybridized carbons (Fsp3) is 0.286. The molecular weight excluding hydrogens is 360 g/mol. The summed E-state index contributed by atoms with van der Waals surface area (Å²) >= 11 is 0. The van der Waals surface area contributed by atoms with Crippen molar-refractivity contribution in [3.63, 3.8) is 0 Å². The van der Waals surface area contributed by atoms with Crippen LogP contribution in [0.15, 0.2) is 48.5 Å². The van der Waals surface area contributed by atoms with E-state index in [4.69, 9.17) is 9.47 Å². The fourth-order valence-corrected chi connectivity index (χ4v) is 2.96. The first-order valence-electron chi connectivity index (χ1n) is 9.09. The summed E-state index contributed by atoms with van der Waals surface area (Å²) in [4.78, 5) is 37.6. The van der Waals surface area contributed by atoms with Crippen LogP contribution in [-0.4, -0.2) is 49.4 Å². The number of carbonyl (C=O) groups excluding carboxylic acids is 3. The SMILES string of the molecule is COc1ccc(OCCNC(=O)CCCN2C(=O)c3ccccc3C2=O)cc1. The molecule has 3 rings (SSSR count). The third-order valence-electron chi connectivity index (χ3n) is 4.42. The summed E-state index contributed by atoms with van der Waals surface area (Å²) < 4.78 is 10.6. The second kappa shape index (κ2) is 9.03. The van der Waals surface area contributed by atoms with Gasteiger partial charge in [0.2, 0.25) is 5.91 Å². The normalized spacial score (nSPS) is 12.7. The molecule has 0 spiro atoms. The van der Waals surface area contributed by atoms with E-state index in [2.05, 4.69) is 5.32 Å². The molecule has 28 heavy (non-hydrogen) atoms. The zero-order valence-corrected chi connectivity index (χ0v) is 15.6. The smallest absolute Gasteiger partial charge is 0.261 e. The van der Waals surface area contributed by atoms with Crippen molar-refractivity contribution in [1.29, 1.82) is 0 Å².